The number of piperidine rings is 1. The van der Waals surface area contributed by atoms with Crippen LogP contribution in [-0.4, -0.2) is 29.9 Å². The van der Waals surface area contributed by atoms with Crippen molar-refractivity contribution in [1.82, 2.24) is 10.4 Å². The molecular formula is C12H16F2N2O. The normalized spacial score (nSPS) is 26.1. The smallest absolute Gasteiger partial charge is 0.128 e. The zero-order valence-electron chi connectivity index (χ0n) is 9.66. The van der Waals surface area contributed by atoms with Crippen molar-refractivity contribution >= 4 is 0 Å². The molecule has 3 nitrogen and oxygen atoms in total. The number of rotatable bonds is 2. The number of nitrogens with one attached hydrogen (secondary N) is 1. The van der Waals surface area contributed by atoms with Gasteiger partial charge in [-0.25, -0.2) is 8.78 Å². The first-order valence-corrected chi connectivity index (χ1v) is 5.69. The molecule has 1 heterocycles. The second kappa shape index (κ2) is 5.08. The summed E-state index contributed by atoms with van der Waals surface area (Å²) in [5.74, 6) is -0.964. The number of hydroxylamine groups is 2. The highest BCUT2D eigenvalue weighted by atomic mass is 19.1. The molecule has 94 valence electrons. The Hall–Kier alpha value is -1.04. The van der Waals surface area contributed by atoms with Crippen LogP contribution in [0.3, 0.4) is 0 Å². The Bertz CT molecular complexity index is 400. The maximum atomic E-state index is 13.6. The van der Waals surface area contributed by atoms with Crippen LogP contribution in [0.5, 0.6) is 0 Å². The predicted octanol–water partition coefficient (Wildman–Crippen LogP) is 2.08. The molecule has 1 aliphatic heterocycles. The van der Waals surface area contributed by atoms with Crippen molar-refractivity contribution in [2.24, 2.45) is 0 Å². The predicted molar refractivity (Wildman–Crippen MR) is 59.7 cm³/mol. The lowest BCUT2D eigenvalue weighted by Gasteiger charge is -2.35. The fraction of sp³-hybridized carbons (Fsp3) is 0.500. The Kier molecular flexibility index (Phi) is 3.71. The van der Waals surface area contributed by atoms with Gasteiger partial charge in [0.2, 0.25) is 0 Å². The lowest BCUT2D eigenvalue weighted by molar-refractivity contribution is -0.149. The Morgan fingerprint density at radius 1 is 1.41 bits per heavy atom. The number of nitrogens with zero attached hydrogens (tertiary/aromatic N) is 1. The maximum Gasteiger partial charge on any atom is 0.128 e. The highest BCUT2D eigenvalue weighted by Crippen LogP contribution is 2.31. The third kappa shape index (κ3) is 2.62. The number of hydrogen-bond acceptors (Lipinski definition) is 3. The Labute approximate surface area is 99.0 Å². The summed E-state index contributed by atoms with van der Waals surface area (Å²) in [6.45, 7) is 0.451. The maximum absolute atomic E-state index is 13.6. The van der Waals surface area contributed by atoms with Crippen molar-refractivity contribution in [1.29, 1.82) is 0 Å². The molecule has 0 radical (unpaired) electrons. The second-order valence-corrected chi connectivity index (χ2v) is 4.35. The van der Waals surface area contributed by atoms with Crippen molar-refractivity contribution in [2.45, 2.75) is 24.9 Å². The van der Waals surface area contributed by atoms with Gasteiger partial charge in [0.05, 0.1) is 6.04 Å². The minimum Gasteiger partial charge on any atom is -0.317 e. The summed E-state index contributed by atoms with van der Waals surface area (Å²) in [4.78, 5) is 0. The molecule has 0 amide bonds. The number of hydrogen-bond donors (Lipinski definition) is 2. The van der Waals surface area contributed by atoms with E-state index in [0.29, 0.717) is 13.0 Å². The van der Waals surface area contributed by atoms with Gasteiger partial charge in [-0.1, -0.05) is 0 Å². The third-order valence-corrected chi connectivity index (χ3v) is 3.30. The first kappa shape index (κ1) is 12.4. The molecule has 0 aromatic heterocycles. The van der Waals surface area contributed by atoms with E-state index in [1.165, 1.54) is 0 Å². The van der Waals surface area contributed by atoms with Crippen LogP contribution in [0, 0.1) is 11.6 Å². The van der Waals surface area contributed by atoms with Gasteiger partial charge < -0.3 is 10.5 Å². The molecule has 2 N–H and O–H groups in total. The molecule has 0 aliphatic carbocycles. The van der Waals surface area contributed by atoms with E-state index in [4.69, 9.17) is 0 Å². The van der Waals surface area contributed by atoms with Crippen molar-refractivity contribution in [3.05, 3.63) is 35.4 Å². The molecule has 1 aromatic carbocycles. The van der Waals surface area contributed by atoms with Gasteiger partial charge in [0.15, 0.2) is 0 Å². The third-order valence-electron chi connectivity index (χ3n) is 3.30. The molecule has 0 saturated carbocycles. The SMILES string of the molecule is CNC1CCN(O)C(c2cc(F)ccc2F)C1. The van der Waals surface area contributed by atoms with Gasteiger partial charge in [-0.3, -0.25) is 0 Å². The molecule has 1 aliphatic rings. The molecule has 2 unspecified atom stereocenters. The average molecular weight is 242 g/mol. The number of benzene rings is 1. The minimum absolute atomic E-state index is 0.214. The van der Waals surface area contributed by atoms with E-state index in [9.17, 15) is 14.0 Å². The van der Waals surface area contributed by atoms with Gasteiger partial charge in [0.1, 0.15) is 11.6 Å². The molecule has 0 spiro atoms. The van der Waals surface area contributed by atoms with Crippen LogP contribution in [0.2, 0.25) is 0 Å². The molecule has 1 saturated heterocycles. The van der Waals surface area contributed by atoms with E-state index in [2.05, 4.69) is 5.32 Å². The van der Waals surface area contributed by atoms with Crippen molar-refractivity contribution in [3.8, 4) is 0 Å². The van der Waals surface area contributed by atoms with E-state index in [0.717, 1.165) is 29.7 Å². The zero-order chi connectivity index (χ0) is 12.4. The summed E-state index contributed by atoms with van der Waals surface area (Å²) in [6, 6.07) is 3.06. The summed E-state index contributed by atoms with van der Waals surface area (Å²) in [5.41, 5.74) is 0.215. The first-order valence-electron chi connectivity index (χ1n) is 5.69. The Morgan fingerprint density at radius 2 is 2.18 bits per heavy atom. The monoisotopic (exact) mass is 242 g/mol. The Balaban J connectivity index is 2.27. The second-order valence-electron chi connectivity index (χ2n) is 4.35. The molecule has 5 heteroatoms. The molecule has 0 bridgehead atoms. The van der Waals surface area contributed by atoms with Gasteiger partial charge in [-0.05, 0) is 38.1 Å². The molecule has 17 heavy (non-hydrogen) atoms. The molecule has 2 rings (SSSR count). The van der Waals surface area contributed by atoms with Crippen LogP contribution >= 0.6 is 0 Å². The minimum atomic E-state index is -0.489. The van der Waals surface area contributed by atoms with Gasteiger partial charge in [-0.15, -0.1) is 0 Å². The highest BCUT2D eigenvalue weighted by molar-refractivity contribution is 5.23. The zero-order valence-corrected chi connectivity index (χ0v) is 9.66. The average Bonchev–Trinajstić information content (AvgIpc) is 2.33. The highest BCUT2D eigenvalue weighted by Gasteiger charge is 2.30. The quantitative estimate of drug-likeness (QED) is 0.833. The standard InChI is InChI=1S/C12H16F2N2O/c1-15-9-4-5-16(17)12(7-9)10-6-8(13)2-3-11(10)14/h2-3,6,9,12,15,17H,4-5,7H2,1H3. The van der Waals surface area contributed by atoms with E-state index in [1.807, 2.05) is 7.05 Å². The van der Waals surface area contributed by atoms with E-state index < -0.39 is 17.7 Å². The van der Waals surface area contributed by atoms with E-state index >= 15 is 0 Å². The van der Waals surface area contributed by atoms with Gasteiger partial charge in [-0.2, -0.15) is 5.06 Å². The fourth-order valence-corrected chi connectivity index (χ4v) is 2.27. The molecule has 1 aromatic rings. The van der Waals surface area contributed by atoms with Crippen LogP contribution in [0.1, 0.15) is 24.4 Å². The summed E-state index contributed by atoms with van der Waals surface area (Å²) in [5, 5.41) is 14.0. The van der Waals surface area contributed by atoms with Crippen LogP contribution in [0.4, 0.5) is 8.78 Å². The summed E-state index contributed by atoms with van der Waals surface area (Å²) >= 11 is 0. The van der Waals surface area contributed by atoms with Gasteiger partial charge >= 0.3 is 0 Å². The Morgan fingerprint density at radius 3 is 2.88 bits per heavy atom. The van der Waals surface area contributed by atoms with Crippen LogP contribution in [0.25, 0.3) is 0 Å². The topological polar surface area (TPSA) is 35.5 Å². The van der Waals surface area contributed by atoms with E-state index in [-0.39, 0.29) is 11.6 Å². The summed E-state index contributed by atoms with van der Waals surface area (Å²) in [7, 11) is 1.83. The lowest BCUT2D eigenvalue weighted by atomic mass is 9.93. The van der Waals surface area contributed by atoms with Crippen molar-refractivity contribution in [2.75, 3.05) is 13.6 Å². The van der Waals surface area contributed by atoms with Gasteiger partial charge in [0, 0.05) is 18.2 Å². The van der Waals surface area contributed by atoms with Crippen LogP contribution in [-0.2, 0) is 0 Å². The van der Waals surface area contributed by atoms with Crippen LogP contribution < -0.4 is 5.32 Å². The molecular weight excluding hydrogens is 226 g/mol. The van der Waals surface area contributed by atoms with Crippen molar-refractivity contribution < 1.29 is 14.0 Å². The lowest BCUT2D eigenvalue weighted by Crippen LogP contribution is -2.42. The summed E-state index contributed by atoms with van der Waals surface area (Å²) in [6.07, 6.45) is 1.35. The van der Waals surface area contributed by atoms with Crippen LogP contribution in [0.15, 0.2) is 18.2 Å². The van der Waals surface area contributed by atoms with E-state index in [1.54, 1.807) is 0 Å². The largest absolute Gasteiger partial charge is 0.317 e. The number of halogens is 2. The molecule has 1 fully saturated rings. The first-order chi connectivity index (χ1) is 8.11. The van der Waals surface area contributed by atoms with Gasteiger partial charge in [0.25, 0.3) is 0 Å². The summed E-state index contributed by atoms with van der Waals surface area (Å²) < 4.78 is 26.8. The fourth-order valence-electron chi connectivity index (χ4n) is 2.27. The molecule has 2 atom stereocenters. The van der Waals surface area contributed by atoms with Crippen molar-refractivity contribution in [3.63, 3.8) is 0 Å².